The normalized spacial score (nSPS) is 19.5. The number of hydrogen-bond acceptors (Lipinski definition) is 6. The summed E-state index contributed by atoms with van der Waals surface area (Å²) in [4.78, 5) is 78.9. The summed E-state index contributed by atoms with van der Waals surface area (Å²) in [6.45, 7) is 2.97. The summed E-state index contributed by atoms with van der Waals surface area (Å²) in [5, 5.41) is 9.12. The second-order valence-electron chi connectivity index (χ2n) is 17.5. The van der Waals surface area contributed by atoms with Gasteiger partial charge in [0.05, 0.1) is 24.0 Å². The zero-order valence-electron chi connectivity index (χ0n) is 36.0. The van der Waals surface area contributed by atoms with E-state index in [2.05, 4.69) is 32.8 Å². The average Bonchev–Trinajstić information content (AvgIpc) is 4.20. The van der Waals surface area contributed by atoms with Crippen molar-refractivity contribution in [1.82, 2.24) is 35.7 Å². The van der Waals surface area contributed by atoms with Gasteiger partial charge in [0.15, 0.2) is 0 Å². The Morgan fingerprint density at radius 3 is 1.67 bits per heavy atom. The number of aromatic nitrogens is 2. The Kier molecular flexibility index (Phi) is 12.4. The molecule has 0 unspecified atom stereocenters. The van der Waals surface area contributed by atoms with Crippen molar-refractivity contribution in [2.45, 2.75) is 88.5 Å². The minimum absolute atomic E-state index is 0.00685. The lowest BCUT2D eigenvalue weighted by Gasteiger charge is -2.30. The lowest BCUT2D eigenvalue weighted by atomic mass is 10.0. The molecular formula is C52H53N7O5. The van der Waals surface area contributed by atoms with Crippen LogP contribution in [0.25, 0.3) is 11.3 Å². The van der Waals surface area contributed by atoms with Crippen molar-refractivity contribution in [2.24, 2.45) is 11.8 Å². The summed E-state index contributed by atoms with van der Waals surface area (Å²) in [5.41, 5.74) is 5.86. The zero-order valence-corrected chi connectivity index (χ0v) is 36.0. The van der Waals surface area contributed by atoms with Gasteiger partial charge in [-0.3, -0.25) is 24.0 Å². The van der Waals surface area contributed by atoms with Crippen LogP contribution in [-0.4, -0.2) is 68.4 Å². The van der Waals surface area contributed by atoms with Gasteiger partial charge in [-0.15, -0.1) is 0 Å². The van der Waals surface area contributed by atoms with Gasteiger partial charge in [0.25, 0.3) is 0 Å². The van der Waals surface area contributed by atoms with E-state index in [0.717, 1.165) is 77.9 Å². The highest BCUT2D eigenvalue weighted by molar-refractivity contribution is 5.94. The summed E-state index contributed by atoms with van der Waals surface area (Å²) in [6.07, 6.45) is 8.08. The van der Waals surface area contributed by atoms with Gasteiger partial charge >= 0.3 is 0 Å². The molecule has 326 valence electrons. The second-order valence-corrected chi connectivity index (χ2v) is 17.5. The van der Waals surface area contributed by atoms with Crippen LogP contribution in [0.5, 0.6) is 0 Å². The molecular weight excluding hydrogens is 803 g/mol. The first kappa shape index (κ1) is 42.3. The number of hydrogen-bond donors (Lipinski definition) is 4. The van der Waals surface area contributed by atoms with Crippen LogP contribution in [0, 0.1) is 23.7 Å². The summed E-state index contributed by atoms with van der Waals surface area (Å²) in [7, 11) is 0. The molecule has 5 amide bonds. The van der Waals surface area contributed by atoms with Crippen molar-refractivity contribution in [3.8, 4) is 23.1 Å². The largest absolute Gasteiger partial charge is 0.348 e. The highest BCUT2D eigenvalue weighted by Gasteiger charge is 2.41. The predicted molar refractivity (Wildman–Crippen MR) is 242 cm³/mol. The first-order chi connectivity index (χ1) is 31.2. The first-order valence-corrected chi connectivity index (χ1v) is 22.6. The number of nitrogens with one attached hydrogen (secondary N) is 4. The van der Waals surface area contributed by atoms with Gasteiger partial charge in [0, 0.05) is 36.1 Å². The molecule has 0 spiro atoms. The Balaban J connectivity index is 0.801. The van der Waals surface area contributed by atoms with Crippen LogP contribution in [0.15, 0.2) is 115 Å². The number of imidazole rings is 1. The van der Waals surface area contributed by atoms with E-state index in [1.165, 1.54) is 0 Å². The smallest absolute Gasteiger partial charge is 0.250 e. The molecule has 1 aromatic heterocycles. The number of carbonyl (C=O) groups is 5. The van der Waals surface area contributed by atoms with Gasteiger partial charge in [-0.2, -0.15) is 0 Å². The molecule has 2 aliphatic heterocycles. The minimum atomic E-state index is -0.835. The number of nitrogens with zero attached hydrogens (tertiary/aromatic N) is 3. The van der Waals surface area contributed by atoms with E-state index in [9.17, 15) is 24.0 Å². The zero-order chi connectivity index (χ0) is 44.2. The molecule has 2 aliphatic carbocycles. The molecule has 12 nitrogen and oxygen atoms in total. The van der Waals surface area contributed by atoms with Gasteiger partial charge in [-0.1, -0.05) is 96.8 Å². The Morgan fingerprint density at radius 2 is 1.11 bits per heavy atom. The number of carbonyl (C=O) groups excluding carboxylic acids is 5. The summed E-state index contributed by atoms with van der Waals surface area (Å²) >= 11 is 0. The van der Waals surface area contributed by atoms with Crippen LogP contribution in [0.1, 0.15) is 116 Å². The third-order valence-corrected chi connectivity index (χ3v) is 12.8. The van der Waals surface area contributed by atoms with E-state index in [4.69, 9.17) is 4.98 Å². The van der Waals surface area contributed by atoms with Crippen molar-refractivity contribution < 1.29 is 24.0 Å². The minimum Gasteiger partial charge on any atom is -0.348 e. The van der Waals surface area contributed by atoms with Crippen molar-refractivity contribution in [1.29, 1.82) is 0 Å². The molecule has 0 radical (unpaired) electrons. The molecule has 3 heterocycles. The van der Waals surface area contributed by atoms with Crippen molar-refractivity contribution in [3.05, 3.63) is 149 Å². The molecule has 9 rings (SSSR count). The molecule has 64 heavy (non-hydrogen) atoms. The maximum absolute atomic E-state index is 14.1. The van der Waals surface area contributed by atoms with Crippen LogP contribution in [-0.2, 0) is 24.0 Å². The number of rotatable bonds is 13. The van der Waals surface area contributed by atoms with Gasteiger partial charge in [-0.05, 0) is 105 Å². The Bertz CT molecular complexity index is 2560. The SMILES string of the molecule is C[C@@H](NC(=O)[C@@H]1CCCN1C(=O)[C@H](NC(=O)C1CC1)c1ccccc1)c1ccc(C#Cc2ccc(-c3cnc([C@@H]4CCCN4C(=O)[C@H](NC(=O)C4CC4)c4ccccc4)[nH]3)cc2)cc1. The highest BCUT2D eigenvalue weighted by atomic mass is 16.2. The number of H-pyrrole nitrogens is 1. The lowest BCUT2D eigenvalue weighted by molar-refractivity contribution is -0.142. The molecule has 0 bridgehead atoms. The number of aromatic amines is 1. The van der Waals surface area contributed by atoms with E-state index >= 15 is 0 Å². The fourth-order valence-electron chi connectivity index (χ4n) is 8.81. The Labute approximate surface area is 373 Å². The molecule has 2 saturated carbocycles. The molecule has 4 fully saturated rings. The summed E-state index contributed by atoms with van der Waals surface area (Å²) in [6, 6.07) is 31.7. The van der Waals surface area contributed by atoms with Crippen LogP contribution >= 0.6 is 0 Å². The monoisotopic (exact) mass is 855 g/mol. The molecule has 5 atom stereocenters. The predicted octanol–water partition coefficient (Wildman–Crippen LogP) is 6.84. The van der Waals surface area contributed by atoms with E-state index in [1.54, 1.807) is 11.1 Å². The molecule has 4 aliphatic rings. The van der Waals surface area contributed by atoms with Gasteiger partial charge in [0.1, 0.15) is 23.9 Å². The molecule has 4 N–H and O–H groups in total. The third kappa shape index (κ3) is 9.64. The van der Waals surface area contributed by atoms with Gasteiger partial charge in [0.2, 0.25) is 29.5 Å². The van der Waals surface area contributed by atoms with Crippen molar-refractivity contribution in [3.63, 3.8) is 0 Å². The van der Waals surface area contributed by atoms with Crippen molar-refractivity contribution >= 4 is 29.5 Å². The summed E-state index contributed by atoms with van der Waals surface area (Å²) < 4.78 is 0. The summed E-state index contributed by atoms with van der Waals surface area (Å²) in [5.74, 6) is 6.39. The maximum Gasteiger partial charge on any atom is 0.250 e. The van der Waals surface area contributed by atoms with Crippen LogP contribution in [0.2, 0.25) is 0 Å². The molecule has 4 aromatic carbocycles. The Morgan fingerprint density at radius 1 is 0.594 bits per heavy atom. The standard InChI is InChI=1S/C52H53N7O5/c1-33(54-50(62)44-15-9-31-59(44)52(64)46(39-12-6-3-7-13-39)57-49(61)41-28-29-41)36-22-18-34(19-23-36)16-17-35-20-24-37(25-21-35)42-32-53-47(55-42)43-14-8-30-58(43)51(63)45(38-10-4-2-5-11-38)56-48(60)40-26-27-40/h2-7,10-13,18-25,32-33,40-41,43-46H,8-9,14-15,26-31H2,1H3,(H,53,55)(H,54,62)(H,56,60)(H,57,61)/t33-,43+,44+,45-,46-/m1/s1. The third-order valence-electron chi connectivity index (χ3n) is 12.8. The molecule has 2 saturated heterocycles. The van der Waals surface area contributed by atoms with E-state index < -0.39 is 18.1 Å². The second kappa shape index (κ2) is 18.8. The average molecular weight is 856 g/mol. The van der Waals surface area contributed by atoms with Crippen LogP contribution in [0.3, 0.4) is 0 Å². The lowest BCUT2D eigenvalue weighted by Crippen LogP contribution is -2.50. The van der Waals surface area contributed by atoms with Crippen molar-refractivity contribution in [2.75, 3.05) is 13.1 Å². The van der Waals surface area contributed by atoms with Gasteiger partial charge < -0.3 is 30.7 Å². The van der Waals surface area contributed by atoms with E-state index in [-0.39, 0.29) is 53.5 Å². The van der Waals surface area contributed by atoms with Crippen LogP contribution in [0.4, 0.5) is 0 Å². The van der Waals surface area contributed by atoms with Crippen LogP contribution < -0.4 is 16.0 Å². The van der Waals surface area contributed by atoms with E-state index in [0.29, 0.717) is 31.5 Å². The fraction of sp³-hybridized carbons (Fsp3) is 0.346. The first-order valence-electron chi connectivity index (χ1n) is 22.6. The number of likely N-dealkylation sites (tertiary alicyclic amines) is 2. The fourth-order valence-corrected chi connectivity index (χ4v) is 8.81. The molecule has 12 heteroatoms. The van der Waals surface area contributed by atoms with Gasteiger partial charge in [-0.25, -0.2) is 4.98 Å². The number of benzene rings is 4. The maximum atomic E-state index is 14.1. The Hall–Kier alpha value is -7.00. The number of amides is 5. The molecule has 5 aromatic rings. The topological polar surface area (TPSA) is 157 Å². The quantitative estimate of drug-likeness (QED) is 0.0951. The highest BCUT2D eigenvalue weighted by Crippen LogP contribution is 2.36. The van der Waals surface area contributed by atoms with E-state index in [1.807, 2.05) is 121 Å².